The Balaban J connectivity index is 1.87. The Labute approximate surface area is 118 Å². The maximum Gasteiger partial charge on any atom is 0.0611 e. The first kappa shape index (κ1) is 15.3. The van der Waals surface area contributed by atoms with E-state index in [0.29, 0.717) is 6.04 Å². The normalized spacial score (nSPS) is 40.6. The number of hydrogen-bond acceptors (Lipinski definition) is 3. The standard InChI is InChI=1S/C16H32N2O/c1-3-13-6-8-14(9-7-13)18(2)15-5-4-10-16(17,11-15)12-19/h13-15,19H,3-12,17H2,1-2H3. The second-order valence-electron chi connectivity index (χ2n) is 7.02. The van der Waals surface area contributed by atoms with E-state index in [1.807, 2.05) is 0 Å². The first-order valence-corrected chi connectivity index (χ1v) is 8.19. The first-order chi connectivity index (χ1) is 9.08. The third kappa shape index (κ3) is 3.71. The maximum absolute atomic E-state index is 9.48. The number of aliphatic hydroxyl groups excluding tert-OH is 1. The van der Waals surface area contributed by atoms with Crippen LogP contribution in [0.25, 0.3) is 0 Å². The van der Waals surface area contributed by atoms with E-state index in [2.05, 4.69) is 18.9 Å². The Morgan fingerprint density at radius 1 is 1.16 bits per heavy atom. The van der Waals surface area contributed by atoms with Gasteiger partial charge in [-0.15, -0.1) is 0 Å². The molecule has 2 aliphatic rings. The maximum atomic E-state index is 9.48. The van der Waals surface area contributed by atoms with Crippen molar-refractivity contribution in [2.45, 2.75) is 82.3 Å². The number of nitrogens with zero attached hydrogens (tertiary/aromatic N) is 1. The van der Waals surface area contributed by atoms with E-state index < -0.39 is 0 Å². The summed E-state index contributed by atoms with van der Waals surface area (Å²) in [6, 6.07) is 1.32. The summed E-state index contributed by atoms with van der Waals surface area (Å²) < 4.78 is 0. The van der Waals surface area contributed by atoms with Crippen molar-refractivity contribution in [3.63, 3.8) is 0 Å². The molecule has 112 valence electrons. The molecule has 0 radical (unpaired) electrons. The number of rotatable bonds is 4. The molecule has 0 aromatic heterocycles. The van der Waals surface area contributed by atoms with Crippen LogP contribution in [0.5, 0.6) is 0 Å². The predicted octanol–water partition coefficient (Wildman–Crippen LogP) is 2.52. The van der Waals surface area contributed by atoms with Crippen LogP contribution in [0.1, 0.15) is 64.7 Å². The van der Waals surface area contributed by atoms with E-state index in [9.17, 15) is 5.11 Å². The zero-order chi connectivity index (χ0) is 13.9. The summed E-state index contributed by atoms with van der Waals surface area (Å²) in [6.07, 6.45) is 11.2. The van der Waals surface area contributed by atoms with E-state index in [1.54, 1.807) is 0 Å². The minimum Gasteiger partial charge on any atom is -0.394 e. The van der Waals surface area contributed by atoms with Crippen molar-refractivity contribution in [2.24, 2.45) is 11.7 Å². The molecule has 0 aromatic carbocycles. The van der Waals surface area contributed by atoms with E-state index in [0.717, 1.165) is 31.2 Å². The summed E-state index contributed by atoms with van der Waals surface area (Å²) in [5.74, 6) is 0.960. The lowest BCUT2D eigenvalue weighted by atomic mass is 9.78. The van der Waals surface area contributed by atoms with E-state index >= 15 is 0 Å². The fraction of sp³-hybridized carbons (Fsp3) is 1.00. The lowest BCUT2D eigenvalue weighted by Crippen LogP contribution is -2.54. The largest absolute Gasteiger partial charge is 0.394 e. The molecule has 0 heterocycles. The molecule has 0 saturated heterocycles. The topological polar surface area (TPSA) is 49.5 Å². The van der Waals surface area contributed by atoms with Gasteiger partial charge in [-0.3, -0.25) is 0 Å². The van der Waals surface area contributed by atoms with Gasteiger partial charge in [-0.25, -0.2) is 0 Å². The second-order valence-corrected chi connectivity index (χ2v) is 7.02. The van der Waals surface area contributed by atoms with Crippen molar-refractivity contribution >= 4 is 0 Å². The average molecular weight is 268 g/mol. The minimum absolute atomic E-state index is 0.139. The highest BCUT2D eigenvalue weighted by atomic mass is 16.3. The van der Waals surface area contributed by atoms with Gasteiger partial charge in [0.25, 0.3) is 0 Å². The third-order valence-electron chi connectivity index (χ3n) is 5.71. The zero-order valence-corrected chi connectivity index (χ0v) is 12.8. The second kappa shape index (κ2) is 6.55. The molecular weight excluding hydrogens is 236 g/mol. The van der Waals surface area contributed by atoms with Crippen LogP contribution in [0, 0.1) is 5.92 Å². The Kier molecular flexibility index (Phi) is 5.27. The molecule has 0 spiro atoms. The van der Waals surface area contributed by atoms with Crippen LogP contribution in [0.4, 0.5) is 0 Å². The van der Waals surface area contributed by atoms with Gasteiger partial charge in [0.2, 0.25) is 0 Å². The van der Waals surface area contributed by atoms with Crippen LogP contribution in [0.2, 0.25) is 0 Å². The molecule has 2 unspecified atom stereocenters. The lowest BCUT2D eigenvalue weighted by molar-refractivity contribution is 0.0548. The molecule has 2 atom stereocenters. The SMILES string of the molecule is CCC1CCC(N(C)C2CCCC(N)(CO)C2)CC1. The minimum atomic E-state index is -0.322. The monoisotopic (exact) mass is 268 g/mol. The highest BCUT2D eigenvalue weighted by molar-refractivity contribution is 4.95. The highest BCUT2D eigenvalue weighted by Gasteiger charge is 2.36. The van der Waals surface area contributed by atoms with Crippen LogP contribution in [0.3, 0.4) is 0 Å². The van der Waals surface area contributed by atoms with Crippen molar-refractivity contribution in [3.05, 3.63) is 0 Å². The van der Waals surface area contributed by atoms with E-state index in [4.69, 9.17) is 5.73 Å². The van der Waals surface area contributed by atoms with Gasteiger partial charge in [0, 0.05) is 17.6 Å². The molecule has 0 aromatic rings. The van der Waals surface area contributed by atoms with Crippen molar-refractivity contribution < 1.29 is 5.11 Å². The Hall–Kier alpha value is -0.120. The van der Waals surface area contributed by atoms with Gasteiger partial charge in [0.1, 0.15) is 0 Å². The zero-order valence-electron chi connectivity index (χ0n) is 12.8. The Bertz CT molecular complexity index is 276. The fourth-order valence-corrected chi connectivity index (χ4v) is 4.11. The molecular formula is C16H32N2O. The molecule has 2 rings (SSSR count). The fourth-order valence-electron chi connectivity index (χ4n) is 4.11. The molecule has 3 heteroatoms. The van der Waals surface area contributed by atoms with E-state index in [-0.39, 0.29) is 12.1 Å². The molecule has 0 amide bonds. The molecule has 2 saturated carbocycles. The van der Waals surface area contributed by atoms with Gasteiger partial charge in [0.05, 0.1) is 6.61 Å². The molecule has 2 aliphatic carbocycles. The highest BCUT2D eigenvalue weighted by Crippen LogP contribution is 2.34. The summed E-state index contributed by atoms with van der Waals surface area (Å²) in [5, 5.41) is 9.48. The molecule has 0 bridgehead atoms. The van der Waals surface area contributed by atoms with Gasteiger partial charge >= 0.3 is 0 Å². The van der Waals surface area contributed by atoms with Crippen molar-refractivity contribution in [3.8, 4) is 0 Å². The first-order valence-electron chi connectivity index (χ1n) is 8.19. The smallest absolute Gasteiger partial charge is 0.0611 e. The molecule has 3 N–H and O–H groups in total. The van der Waals surface area contributed by atoms with Gasteiger partial charge in [-0.05, 0) is 64.3 Å². The third-order valence-corrected chi connectivity index (χ3v) is 5.71. The summed E-state index contributed by atoms with van der Waals surface area (Å²) >= 11 is 0. The lowest BCUT2D eigenvalue weighted by Gasteiger charge is -2.45. The van der Waals surface area contributed by atoms with Crippen LogP contribution in [-0.2, 0) is 0 Å². The average Bonchev–Trinajstić information content (AvgIpc) is 2.46. The van der Waals surface area contributed by atoms with Crippen molar-refractivity contribution in [1.29, 1.82) is 0 Å². The number of aliphatic hydroxyl groups is 1. The summed E-state index contributed by atoms with van der Waals surface area (Å²) in [5.41, 5.74) is 5.96. The molecule has 3 nitrogen and oxygen atoms in total. The summed E-state index contributed by atoms with van der Waals surface area (Å²) in [6.45, 7) is 2.46. The Morgan fingerprint density at radius 2 is 1.84 bits per heavy atom. The van der Waals surface area contributed by atoms with Gasteiger partial charge in [0.15, 0.2) is 0 Å². The molecule has 19 heavy (non-hydrogen) atoms. The predicted molar refractivity (Wildman–Crippen MR) is 80.1 cm³/mol. The van der Waals surface area contributed by atoms with Gasteiger partial charge in [-0.1, -0.05) is 13.3 Å². The quantitative estimate of drug-likeness (QED) is 0.823. The van der Waals surface area contributed by atoms with Crippen molar-refractivity contribution in [1.82, 2.24) is 4.90 Å². The molecule has 2 fully saturated rings. The van der Waals surface area contributed by atoms with Crippen LogP contribution in [0.15, 0.2) is 0 Å². The van der Waals surface area contributed by atoms with Crippen LogP contribution in [-0.4, -0.2) is 41.3 Å². The summed E-state index contributed by atoms with van der Waals surface area (Å²) in [4.78, 5) is 2.59. The van der Waals surface area contributed by atoms with E-state index in [1.165, 1.54) is 38.5 Å². The Morgan fingerprint density at radius 3 is 2.42 bits per heavy atom. The van der Waals surface area contributed by atoms with Gasteiger partial charge < -0.3 is 15.7 Å². The van der Waals surface area contributed by atoms with Crippen molar-refractivity contribution in [2.75, 3.05) is 13.7 Å². The van der Waals surface area contributed by atoms with Crippen LogP contribution >= 0.6 is 0 Å². The summed E-state index contributed by atoms with van der Waals surface area (Å²) in [7, 11) is 2.28. The number of nitrogens with two attached hydrogens (primary N) is 1. The van der Waals surface area contributed by atoms with Gasteiger partial charge in [-0.2, -0.15) is 0 Å². The molecule has 0 aliphatic heterocycles. The van der Waals surface area contributed by atoms with Crippen LogP contribution < -0.4 is 5.73 Å². The number of hydrogen-bond donors (Lipinski definition) is 2.